The molecule has 0 radical (unpaired) electrons. The number of anilines is 1. The molecule has 118 valence electrons. The third kappa shape index (κ3) is 3.36. The number of nitrogens with zero attached hydrogens (tertiary/aromatic N) is 2. The molecule has 2 N–H and O–H groups in total. The zero-order chi connectivity index (χ0) is 15.6. The zero-order valence-electron chi connectivity index (χ0n) is 12.4. The minimum atomic E-state index is -3.78. The predicted molar refractivity (Wildman–Crippen MR) is 80.9 cm³/mol. The summed E-state index contributed by atoms with van der Waals surface area (Å²) in [4.78, 5) is 1.99. The standard InChI is InChI=1S/C14H22FN3O2S/c1-3-12-10-17(2)7-4-8-18(12)21(19,20)14-9-11(15)5-6-13(14)16/h5-6,9,12H,3-4,7-8,10,16H2,1-2H3. The Bertz CT molecular complexity index is 606. The van der Waals surface area contributed by atoms with Crippen LogP contribution in [0.1, 0.15) is 19.8 Å². The average Bonchev–Trinajstić information content (AvgIpc) is 2.63. The third-order valence-electron chi connectivity index (χ3n) is 3.88. The Kier molecular flexibility index (Phi) is 4.85. The average molecular weight is 315 g/mol. The van der Waals surface area contributed by atoms with Crippen LogP contribution in [-0.4, -0.2) is 50.3 Å². The molecule has 1 unspecified atom stereocenters. The van der Waals surface area contributed by atoms with Gasteiger partial charge in [-0.1, -0.05) is 6.92 Å². The van der Waals surface area contributed by atoms with Gasteiger partial charge >= 0.3 is 0 Å². The summed E-state index contributed by atoms with van der Waals surface area (Å²) in [5.41, 5.74) is 5.84. The van der Waals surface area contributed by atoms with Crippen molar-refractivity contribution in [2.75, 3.05) is 32.4 Å². The molecule has 2 rings (SSSR count). The van der Waals surface area contributed by atoms with Gasteiger partial charge in [-0.2, -0.15) is 4.31 Å². The molecule has 0 bridgehead atoms. The Hall–Kier alpha value is -1.18. The summed E-state index contributed by atoms with van der Waals surface area (Å²) in [6.45, 7) is 3.91. The van der Waals surface area contributed by atoms with E-state index in [-0.39, 0.29) is 16.6 Å². The van der Waals surface area contributed by atoms with Crippen LogP contribution < -0.4 is 5.73 Å². The fraction of sp³-hybridized carbons (Fsp3) is 0.571. The monoisotopic (exact) mass is 315 g/mol. The normalized spacial score (nSPS) is 22.1. The number of rotatable bonds is 3. The summed E-state index contributed by atoms with van der Waals surface area (Å²) in [5, 5.41) is 0. The van der Waals surface area contributed by atoms with Gasteiger partial charge in [0.2, 0.25) is 10.0 Å². The number of hydrogen-bond acceptors (Lipinski definition) is 4. The summed E-state index contributed by atoms with van der Waals surface area (Å²) in [6.07, 6.45) is 1.46. The topological polar surface area (TPSA) is 66.6 Å². The van der Waals surface area contributed by atoms with Crippen molar-refractivity contribution in [3.63, 3.8) is 0 Å². The summed E-state index contributed by atoms with van der Waals surface area (Å²) >= 11 is 0. The minimum Gasteiger partial charge on any atom is -0.398 e. The van der Waals surface area contributed by atoms with E-state index in [1.807, 2.05) is 14.0 Å². The second kappa shape index (κ2) is 6.29. The first kappa shape index (κ1) is 16.2. The maximum Gasteiger partial charge on any atom is 0.245 e. The lowest BCUT2D eigenvalue weighted by molar-refractivity contribution is 0.270. The lowest BCUT2D eigenvalue weighted by Crippen LogP contribution is -2.43. The lowest BCUT2D eigenvalue weighted by atomic mass is 10.2. The highest BCUT2D eigenvalue weighted by Crippen LogP contribution is 2.27. The number of halogens is 1. The third-order valence-corrected chi connectivity index (χ3v) is 5.89. The van der Waals surface area contributed by atoms with Gasteiger partial charge in [-0.25, -0.2) is 12.8 Å². The van der Waals surface area contributed by atoms with Crippen LogP contribution in [0.5, 0.6) is 0 Å². The number of nitrogen functional groups attached to an aromatic ring is 1. The molecule has 1 aromatic rings. The van der Waals surface area contributed by atoms with E-state index in [1.165, 1.54) is 16.4 Å². The van der Waals surface area contributed by atoms with Crippen LogP contribution in [0.2, 0.25) is 0 Å². The maximum absolute atomic E-state index is 13.4. The molecule has 1 aromatic carbocycles. The van der Waals surface area contributed by atoms with Crippen LogP contribution >= 0.6 is 0 Å². The van der Waals surface area contributed by atoms with Crippen molar-refractivity contribution in [2.45, 2.75) is 30.7 Å². The van der Waals surface area contributed by atoms with Gasteiger partial charge in [0, 0.05) is 19.1 Å². The number of sulfonamides is 1. The van der Waals surface area contributed by atoms with Crippen LogP contribution in [-0.2, 0) is 10.0 Å². The Labute approximate surface area is 125 Å². The summed E-state index contributed by atoms with van der Waals surface area (Å²) < 4.78 is 40.6. The smallest absolute Gasteiger partial charge is 0.245 e. The molecule has 0 spiro atoms. The second-order valence-corrected chi connectivity index (χ2v) is 7.33. The molecular weight excluding hydrogens is 293 g/mol. The molecule has 21 heavy (non-hydrogen) atoms. The van der Waals surface area contributed by atoms with Crippen molar-refractivity contribution in [3.05, 3.63) is 24.0 Å². The molecule has 1 aliphatic rings. The van der Waals surface area contributed by atoms with Crippen LogP contribution in [0.3, 0.4) is 0 Å². The Balaban J connectivity index is 2.43. The SMILES string of the molecule is CCC1CN(C)CCCN1S(=O)(=O)c1cc(F)ccc1N. The van der Waals surface area contributed by atoms with Gasteiger partial charge in [0.05, 0.1) is 5.69 Å². The Morgan fingerprint density at radius 2 is 2.10 bits per heavy atom. The van der Waals surface area contributed by atoms with Gasteiger partial charge in [0.1, 0.15) is 10.7 Å². The highest BCUT2D eigenvalue weighted by molar-refractivity contribution is 7.89. The van der Waals surface area contributed by atoms with Crippen LogP contribution in [0.25, 0.3) is 0 Å². The highest BCUT2D eigenvalue weighted by atomic mass is 32.2. The molecule has 1 aliphatic heterocycles. The summed E-state index contributed by atoms with van der Waals surface area (Å²) in [6, 6.07) is 3.35. The molecule has 1 saturated heterocycles. The van der Waals surface area contributed by atoms with Crippen LogP contribution in [0, 0.1) is 5.82 Å². The molecule has 1 fully saturated rings. The molecule has 0 aromatic heterocycles. The molecule has 5 nitrogen and oxygen atoms in total. The zero-order valence-corrected chi connectivity index (χ0v) is 13.2. The van der Waals surface area contributed by atoms with Gasteiger partial charge in [-0.15, -0.1) is 0 Å². The van der Waals surface area contributed by atoms with E-state index in [2.05, 4.69) is 4.90 Å². The Morgan fingerprint density at radius 1 is 1.38 bits per heavy atom. The van der Waals surface area contributed by atoms with Gasteiger partial charge < -0.3 is 10.6 Å². The van der Waals surface area contributed by atoms with Crippen LogP contribution in [0.4, 0.5) is 10.1 Å². The number of hydrogen-bond donors (Lipinski definition) is 1. The highest BCUT2D eigenvalue weighted by Gasteiger charge is 2.34. The molecular formula is C14H22FN3O2S. The van der Waals surface area contributed by atoms with Gasteiger partial charge in [0.15, 0.2) is 0 Å². The van der Waals surface area contributed by atoms with Gasteiger partial charge in [-0.3, -0.25) is 0 Å². The van der Waals surface area contributed by atoms with Crippen LogP contribution in [0.15, 0.2) is 23.1 Å². The van der Waals surface area contributed by atoms with E-state index in [0.717, 1.165) is 19.0 Å². The minimum absolute atomic E-state index is 0.0869. The van der Waals surface area contributed by atoms with Gasteiger partial charge in [0.25, 0.3) is 0 Å². The quantitative estimate of drug-likeness (QED) is 0.859. The van der Waals surface area contributed by atoms with E-state index in [4.69, 9.17) is 5.73 Å². The second-order valence-electron chi connectivity index (χ2n) is 5.48. The fourth-order valence-electron chi connectivity index (χ4n) is 2.73. The molecule has 0 amide bonds. The van der Waals surface area contributed by atoms with Crippen molar-refractivity contribution in [1.82, 2.24) is 9.21 Å². The van der Waals surface area contributed by atoms with Crippen molar-refractivity contribution in [1.29, 1.82) is 0 Å². The molecule has 1 heterocycles. The lowest BCUT2D eigenvalue weighted by Gasteiger charge is -2.29. The Morgan fingerprint density at radius 3 is 2.76 bits per heavy atom. The van der Waals surface area contributed by atoms with Crippen molar-refractivity contribution in [3.8, 4) is 0 Å². The molecule has 0 saturated carbocycles. The number of likely N-dealkylation sites (N-methyl/N-ethyl adjacent to an activating group) is 1. The first-order valence-corrected chi connectivity index (χ1v) is 8.55. The number of benzene rings is 1. The predicted octanol–water partition coefficient (Wildman–Crippen LogP) is 1.51. The molecule has 1 atom stereocenters. The van der Waals surface area contributed by atoms with Crippen molar-refractivity contribution >= 4 is 15.7 Å². The maximum atomic E-state index is 13.4. The first-order valence-electron chi connectivity index (χ1n) is 7.11. The van der Waals surface area contributed by atoms with Crippen molar-refractivity contribution < 1.29 is 12.8 Å². The number of nitrogens with two attached hydrogens (primary N) is 1. The summed E-state index contributed by atoms with van der Waals surface area (Å²) in [5.74, 6) is -0.595. The van der Waals surface area contributed by atoms with Crippen molar-refractivity contribution in [2.24, 2.45) is 0 Å². The first-order chi connectivity index (χ1) is 9.86. The van der Waals surface area contributed by atoms with E-state index < -0.39 is 15.8 Å². The van der Waals surface area contributed by atoms with E-state index >= 15 is 0 Å². The molecule has 7 heteroatoms. The summed E-state index contributed by atoms with van der Waals surface area (Å²) in [7, 11) is -1.80. The van der Waals surface area contributed by atoms with E-state index in [1.54, 1.807) is 0 Å². The fourth-order valence-corrected chi connectivity index (χ4v) is 4.59. The van der Waals surface area contributed by atoms with E-state index in [9.17, 15) is 12.8 Å². The van der Waals surface area contributed by atoms with Gasteiger partial charge in [-0.05, 0) is 44.6 Å². The largest absolute Gasteiger partial charge is 0.398 e. The molecule has 0 aliphatic carbocycles. The van der Waals surface area contributed by atoms with E-state index in [0.29, 0.717) is 19.5 Å².